The van der Waals surface area contributed by atoms with Crippen molar-refractivity contribution in [3.8, 4) is 0 Å². The van der Waals surface area contributed by atoms with Gasteiger partial charge in [-0.25, -0.2) is 0 Å². The topological polar surface area (TPSA) is 40.5 Å². The van der Waals surface area contributed by atoms with E-state index in [4.69, 9.17) is 0 Å². The maximum atomic E-state index is 13.6. The zero-order valence-electron chi connectivity index (χ0n) is 19.6. The Morgan fingerprint density at radius 2 is 1.88 bits per heavy atom. The van der Waals surface area contributed by atoms with Crippen LogP contribution in [0.15, 0.2) is 36.4 Å². The molecular weight excluding hydrogens is 427 g/mol. The highest BCUT2D eigenvalue weighted by molar-refractivity contribution is 5.89. The van der Waals surface area contributed by atoms with Crippen LogP contribution in [0.5, 0.6) is 0 Å². The quantitative estimate of drug-likeness (QED) is 0.634. The second-order valence-corrected chi connectivity index (χ2v) is 11.6. The number of aliphatic hydroxyl groups excluding tert-OH is 1. The molecule has 1 aromatic rings. The van der Waals surface area contributed by atoms with E-state index in [-0.39, 0.29) is 40.5 Å². The molecule has 1 N–H and O–H groups in total. The molecule has 0 aromatic heterocycles. The summed E-state index contributed by atoms with van der Waals surface area (Å²) in [6.07, 6.45) is 3.73. The van der Waals surface area contributed by atoms with Gasteiger partial charge in [0, 0.05) is 18.5 Å². The number of amides is 1. The molecule has 5 rings (SSSR count). The second-order valence-electron chi connectivity index (χ2n) is 11.6. The predicted octanol–water partition coefficient (Wildman–Crippen LogP) is 5.47. The van der Waals surface area contributed by atoms with Gasteiger partial charge >= 0.3 is 6.18 Å². The number of carbonyl (C=O) groups is 1. The van der Waals surface area contributed by atoms with Crippen molar-refractivity contribution in [1.82, 2.24) is 4.90 Å². The van der Waals surface area contributed by atoms with Gasteiger partial charge in [0.1, 0.15) is 0 Å². The summed E-state index contributed by atoms with van der Waals surface area (Å²) in [6, 6.07) is 5.96. The van der Waals surface area contributed by atoms with Gasteiger partial charge in [-0.2, -0.15) is 13.2 Å². The summed E-state index contributed by atoms with van der Waals surface area (Å²) >= 11 is 0. The van der Waals surface area contributed by atoms with Crippen molar-refractivity contribution in [3.05, 3.63) is 47.5 Å². The summed E-state index contributed by atoms with van der Waals surface area (Å²) in [5.41, 5.74) is -0.255. The van der Waals surface area contributed by atoms with E-state index in [0.29, 0.717) is 24.3 Å². The van der Waals surface area contributed by atoms with Crippen LogP contribution in [0.3, 0.4) is 0 Å². The normalized spacial score (nSPS) is 42.6. The molecule has 180 valence electrons. The van der Waals surface area contributed by atoms with Crippen molar-refractivity contribution in [3.63, 3.8) is 0 Å². The minimum atomic E-state index is -4.34. The third-order valence-corrected chi connectivity index (χ3v) is 9.85. The Hall–Kier alpha value is -1.82. The average Bonchev–Trinajstić information content (AvgIpc) is 3.08. The summed E-state index contributed by atoms with van der Waals surface area (Å²) in [4.78, 5) is 14.1. The number of hydrogen-bond acceptors (Lipinski definition) is 2. The van der Waals surface area contributed by atoms with Gasteiger partial charge in [-0.1, -0.05) is 38.1 Å². The van der Waals surface area contributed by atoms with Crippen LogP contribution in [0.4, 0.5) is 13.2 Å². The summed E-state index contributed by atoms with van der Waals surface area (Å²) < 4.78 is 40.7. The maximum Gasteiger partial charge on any atom is 0.416 e. The van der Waals surface area contributed by atoms with Crippen molar-refractivity contribution >= 4 is 5.91 Å². The molecule has 3 aliphatic carbocycles. The van der Waals surface area contributed by atoms with Crippen molar-refractivity contribution in [2.45, 2.75) is 70.7 Å². The number of likely N-dealkylation sites (N-methyl/N-ethyl adjacent to an activating group) is 1. The molecule has 6 heteroatoms. The van der Waals surface area contributed by atoms with E-state index < -0.39 is 17.8 Å². The van der Waals surface area contributed by atoms with Crippen LogP contribution in [0.1, 0.15) is 57.1 Å². The van der Waals surface area contributed by atoms with Gasteiger partial charge in [0.25, 0.3) is 0 Å². The molecule has 33 heavy (non-hydrogen) atoms. The van der Waals surface area contributed by atoms with Crippen LogP contribution in [0.25, 0.3) is 0 Å². The lowest BCUT2D eigenvalue weighted by molar-refractivity contribution is -0.154. The Morgan fingerprint density at radius 1 is 1.15 bits per heavy atom. The summed E-state index contributed by atoms with van der Waals surface area (Å²) in [7, 11) is 1.83. The fourth-order valence-electron chi connectivity index (χ4n) is 8.33. The van der Waals surface area contributed by atoms with Gasteiger partial charge in [-0.3, -0.25) is 4.79 Å². The molecule has 3 unspecified atom stereocenters. The highest BCUT2D eigenvalue weighted by atomic mass is 19.4. The number of rotatable bonds is 2. The Labute approximate surface area is 194 Å². The molecule has 3 nitrogen and oxygen atoms in total. The van der Waals surface area contributed by atoms with Gasteiger partial charge in [0.15, 0.2) is 0 Å². The van der Waals surface area contributed by atoms with Gasteiger partial charge in [0.2, 0.25) is 5.91 Å². The molecule has 1 amide bonds. The van der Waals surface area contributed by atoms with Crippen molar-refractivity contribution in [2.24, 2.45) is 34.5 Å². The van der Waals surface area contributed by atoms with Gasteiger partial charge in [-0.05, 0) is 85.3 Å². The van der Waals surface area contributed by atoms with Crippen molar-refractivity contribution < 1.29 is 23.1 Å². The lowest BCUT2D eigenvalue weighted by Crippen LogP contribution is -2.63. The first-order chi connectivity index (χ1) is 15.4. The molecule has 3 saturated carbocycles. The van der Waals surface area contributed by atoms with E-state index in [0.717, 1.165) is 25.7 Å². The molecular formula is C27H34F3NO2. The first kappa shape index (κ1) is 22.9. The molecule has 0 bridgehead atoms. The van der Waals surface area contributed by atoms with Crippen LogP contribution in [0, 0.1) is 34.5 Å². The second kappa shape index (κ2) is 7.59. The van der Waals surface area contributed by atoms with Crippen molar-refractivity contribution in [1.29, 1.82) is 0 Å². The first-order valence-electron chi connectivity index (χ1n) is 12.2. The molecule has 4 aliphatic rings. The minimum Gasteiger partial charge on any atom is -0.393 e. The summed E-state index contributed by atoms with van der Waals surface area (Å²) in [5.74, 6) is 0.874. The number of alkyl halides is 3. The van der Waals surface area contributed by atoms with E-state index >= 15 is 0 Å². The number of carbonyl (C=O) groups excluding carboxylic acids is 1. The lowest BCUT2D eigenvalue weighted by atomic mass is 9.48. The van der Waals surface area contributed by atoms with Gasteiger partial charge in [0.05, 0.1) is 11.7 Å². The number of aliphatic hydroxyl groups is 1. The number of hydrogen-bond donors (Lipinski definition) is 1. The van der Waals surface area contributed by atoms with E-state index in [1.807, 2.05) is 7.05 Å². The third-order valence-electron chi connectivity index (χ3n) is 9.85. The highest BCUT2D eigenvalue weighted by Crippen LogP contribution is 2.65. The predicted molar refractivity (Wildman–Crippen MR) is 120 cm³/mol. The molecule has 0 spiro atoms. The van der Waals surface area contributed by atoms with E-state index in [1.54, 1.807) is 23.1 Å². The van der Waals surface area contributed by atoms with Gasteiger partial charge < -0.3 is 10.0 Å². The third kappa shape index (κ3) is 3.55. The summed E-state index contributed by atoms with van der Waals surface area (Å²) in [6.45, 7) is 4.52. The zero-order chi connectivity index (χ0) is 23.8. The van der Waals surface area contributed by atoms with Gasteiger partial charge in [-0.15, -0.1) is 0 Å². The Kier molecular flexibility index (Phi) is 5.28. The number of fused-ring (bicyclic) bond motifs is 5. The zero-order valence-corrected chi connectivity index (χ0v) is 19.6. The molecule has 1 aromatic carbocycles. The molecule has 0 saturated heterocycles. The lowest BCUT2D eigenvalue weighted by Gasteiger charge is -2.61. The van der Waals surface area contributed by atoms with Crippen LogP contribution in [-0.4, -0.2) is 35.1 Å². The van der Waals surface area contributed by atoms with Crippen LogP contribution >= 0.6 is 0 Å². The fraction of sp³-hybridized carbons (Fsp3) is 0.667. The Bertz CT molecular complexity index is 974. The number of halogens is 3. The highest BCUT2D eigenvalue weighted by Gasteiger charge is 2.62. The Balaban J connectivity index is 1.42. The fourth-order valence-corrected chi connectivity index (χ4v) is 8.33. The molecule has 0 radical (unpaired) electrons. The monoisotopic (exact) mass is 461 g/mol. The summed E-state index contributed by atoms with van der Waals surface area (Å²) in [5, 5.41) is 11.3. The number of nitrogens with zero attached hydrogens (tertiary/aromatic N) is 1. The van der Waals surface area contributed by atoms with Crippen LogP contribution < -0.4 is 0 Å². The van der Waals surface area contributed by atoms with Crippen LogP contribution in [-0.2, 0) is 17.4 Å². The number of benzene rings is 1. The SMILES string of the molecule is CN1C(=O)C=C[C@@]2(C)C1CC(O)[C@@H]1[C@H]2CC[C@]2(C)CC(Cc3ccccc3C(F)(F)F)C[C@@H]12. The molecule has 1 aliphatic heterocycles. The maximum absolute atomic E-state index is 13.6. The van der Waals surface area contributed by atoms with E-state index in [1.165, 1.54) is 12.1 Å². The molecule has 8 atom stereocenters. The standard InChI is InChI=1S/C27H34F3NO2/c1-25-10-8-19-24(21(32)14-22-26(19,2)11-9-23(33)31(22)3)20(25)13-16(15-25)12-17-6-4-5-7-18(17)27(28,29)30/h4-7,9,11,16,19-22,24,32H,8,10,12-15H2,1-3H3/t16?,19-,20+,21?,22?,24-,25-,26-/m1/s1. The Morgan fingerprint density at radius 3 is 2.61 bits per heavy atom. The largest absolute Gasteiger partial charge is 0.416 e. The van der Waals surface area contributed by atoms with Crippen molar-refractivity contribution in [2.75, 3.05) is 7.05 Å². The molecule has 1 heterocycles. The smallest absolute Gasteiger partial charge is 0.393 e. The van der Waals surface area contributed by atoms with E-state index in [9.17, 15) is 23.1 Å². The minimum absolute atomic E-state index is 0.00645. The molecule has 3 fully saturated rings. The van der Waals surface area contributed by atoms with Crippen LogP contribution in [0.2, 0.25) is 0 Å². The van der Waals surface area contributed by atoms with E-state index in [2.05, 4.69) is 19.9 Å². The average molecular weight is 462 g/mol. The first-order valence-corrected chi connectivity index (χ1v) is 12.2.